The average Bonchev–Trinajstić information content (AvgIpc) is 3.11. The molecule has 0 bridgehead atoms. The number of unbranched alkanes of at least 4 members (excludes halogenated alkanes) is 4. The van der Waals surface area contributed by atoms with E-state index in [0.717, 1.165) is 129 Å². The minimum atomic E-state index is -0.0839. The maximum atomic E-state index is 12.7. The van der Waals surface area contributed by atoms with Crippen LogP contribution in [0.15, 0.2) is 29.3 Å². The summed E-state index contributed by atoms with van der Waals surface area (Å²) in [6, 6.07) is 0. The molecule has 1 heterocycles. The summed E-state index contributed by atoms with van der Waals surface area (Å²) in [5, 5.41) is 0. The van der Waals surface area contributed by atoms with Crippen LogP contribution < -0.4 is 0 Å². The lowest BCUT2D eigenvalue weighted by atomic mass is 9.79. The summed E-state index contributed by atoms with van der Waals surface area (Å²) < 4.78 is 18.0. The van der Waals surface area contributed by atoms with Crippen LogP contribution in [0.3, 0.4) is 0 Å². The Morgan fingerprint density at radius 3 is 1.68 bits per heavy atom. The highest BCUT2D eigenvalue weighted by Gasteiger charge is 2.24. The topological polar surface area (TPSA) is 65.1 Å². The number of nitrogens with zero attached hydrogens (tertiary/aromatic N) is 1. The number of ether oxygens (including phenoxy) is 3. The number of cyclic esters (lactones) is 2. The fourth-order valence-electron chi connectivity index (χ4n) is 7.02. The monoisotopic (exact) mass is 700 g/mol. The van der Waals surface area contributed by atoms with Crippen molar-refractivity contribution in [3.8, 4) is 0 Å². The molecular weight excluding hydrogens is 622 g/mol. The van der Waals surface area contributed by atoms with Gasteiger partial charge in [-0.1, -0.05) is 122 Å². The number of rotatable bonds is 14. The van der Waals surface area contributed by atoms with Crippen LogP contribution in [0.1, 0.15) is 181 Å². The molecule has 0 aromatic carbocycles. The van der Waals surface area contributed by atoms with Gasteiger partial charge < -0.3 is 19.1 Å². The Kier molecular flexibility index (Phi) is 30.2. The van der Waals surface area contributed by atoms with E-state index in [1.807, 2.05) is 0 Å². The summed E-state index contributed by atoms with van der Waals surface area (Å²) in [6.45, 7) is 14.2. The van der Waals surface area contributed by atoms with Gasteiger partial charge >= 0.3 is 11.9 Å². The molecule has 0 saturated carbocycles. The Hall–Kier alpha value is -2.06. The molecule has 0 spiro atoms. The molecule has 2 unspecified atom stereocenters. The number of hydrogen-bond acceptors (Lipinski definition) is 6. The van der Waals surface area contributed by atoms with E-state index in [-0.39, 0.29) is 23.8 Å². The van der Waals surface area contributed by atoms with E-state index in [9.17, 15) is 9.59 Å². The zero-order valence-electron chi connectivity index (χ0n) is 33.1. The van der Waals surface area contributed by atoms with E-state index in [1.165, 1.54) is 44.1 Å². The van der Waals surface area contributed by atoms with E-state index in [0.29, 0.717) is 32.2 Å². The number of esters is 2. The second-order valence-corrected chi connectivity index (χ2v) is 14.6. The maximum Gasteiger partial charge on any atom is 0.305 e. The van der Waals surface area contributed by atoms with Crippen LogP contribution in [0.4, 0.5) is 0 Å². The Balaban J connectivity index is 2.93. The molecule has 0 aromatic heterocycles. The standard InChI is InChI=1S/C44H77NO5/c1-6-10-19-26-39-33-37-49-43(46)31-23-17-13-15-21-28-41(48-36-25-35-45(5)9-4)29-22-16-14-18-24-32-44(47)50-38-34-40(27-20-11-7-2)42(39)30-12-8-3/h39-41H,3,6-7,9-11,13-29,31-38H2,1-2,4-5H3. The van der Waals surface area contributed by atoms with Crippen LogP contribution in [0, 0.1) is 11.8 Å². The van der Waals surface area contributed by atoms with E-state index in [1.54, 1.807) is 0 Å². The van der Waals surface area contributed by atoms with Crippen molar-refractivity contribution in [2.45, 2.75) is 187 Å². The zero-order valence-corrected chi connectivity index (χ0v) is 33.1. The van der Waals surface area contributed by atoms with Gasteiger partial charge in [-0.3, -0.25) is 9.59 Å². The largest absolute Gasteiger partial charge is 0.466 e. The number of hydrogen-bond donors (Lipinski definition) is 0. The number of allylic oxidation sites excluding steroid dienone is 1. The second-order valence-electron chi connectivity index (χ2n) is 14.6. The highest BCUT2D eigenvalue weighted by atomic mass is 16.5. The van der Waals surface area contributed by atoms with E-state index in [2.05, 4.69) is 56.5 Å². The highest BCUT2D eigenvalue weighted by molar-refractivity contribution is 5.69. The van der Waals surface area contributed by atoms with Crippen molar-refractivity contribution < 1.29 is 23.8 Å². The molecule has 1 fully saturated rings. The van der Waals surface area contributed by atoms with Crippen LogP contribution in [0.5, 0.6) is 0 Å². The van der Waals surface area contributed by atoms with Crippen LogP contribution >= 0.6 is 0 Å². The predicted octanol–water partition coefficient (Wildman–Crippen LogP) is 11.5. The van der Waals surface area contributed by atoms with Gasteiger partial charge in [-0.05, 0) is 101 Å². The first kappa shape index (κ1) is 46.0. The van der Waals surface area contributed by atoms with Crippen LogP contribution in [-0.2, 0) is 23.8 Å². The first-order valence-electron chi connectivity index (χ1n) is 21.0. The maximum absolute atomic E-state index is 12.7. The van der Waals surface area contributed by atoms with Gasteiger partial charge in [-0.25, -0.2) is 0 Å². The van der Waals surface area contributed by atoms with Crippen molar-refractivity contribution >= 4 is 11.9 Å². The molecule has 2 atom stereocenters. The van der Waals surface area contributed by atoms with Gasteiger partial charge in [0.25, 0.3) is 0 Å². The molecule has 0 aromatic rings. The third-order valence-corrected chi connectivity index (χ3v) is 10.3. The van der Waals surface area contributed by atoms with Gasteiger partial charge in [0.05, 0.1) is 19.3 Å². The number of carbonyl (C=O) groups excluding carboxylic acids is 2. The van der Waals surface area contributed by atoms with Gasteiger partial charge in [0, 0.05) is 26.0 Å². The lowest BCUT2D eigenvalue weighted by molar-refractivity contribution is -0.144. The van der Waals surface area contributed by atoms with Gasteiger partial charge in [0.1, 0.15) is 0 Å². The third-order valence-electron chi connectivity index (χ3n) is 10.3. The molecular formula is C44H77NO5. The second kappa shape index (κ2) is 32.8. The van der Waals surface area contributed by atoms with Crippen LogP contribution in [-0.4, -0.2) is 62.9 Å². The summed E-state index contributed by atoms with van der Waals surface area (Å²) in [4.78, 5) is 27.8. The Bertz CT molecular complexity index is 923. The quantitative estimate of drug-likeness (QED) is 0.102. The lowest BCUT2D eigenvalue weighted by Gasteiger charge is -2.26. The molecule has 1 aliphatic rings. The van der Waals surface area contributed by atoms with Crippen LogP contribution in [0.25, 0.3) is 0 Å². The molecule has 0 N–H and O–H groups in total. The molecule has 50 heavy (non-hydrogen) atoms. The van der Waals surface area contributed by atoms with Crippen molar-refractivity contribution in [2.75, 3.05) is 40.0 Å². The van der Waals surface area contributed by atoms with Crippen molar-refractivity contribution in [2.24, 2.45) is 11.8 Å². The summed E-state index contributed by atoms with van der Waals surface area (Å²) >= 11 is 0. The normalized spacial score (nSPS) is 22.2. The summed E-state index contributed by atoms with van der Waals surface area (Å²) in [5.74, 6) is 0.307. The van der Waals surface area contributed by atoms with Gasteiger partial charge in [0.15, 0.2) is 0 Å². The first-order chi connectivity index (χ1) is 24.4. The molecule has 1 aliphatic heterocycles. The minimum absolute atomic E-state index is 0.0839. The summed E-state index contributed by atoms with van der Waals surface area (Å²) in [6.07, 6.45) is 26.1. The molecule has 6 nitrogen and oxygen atoms in total. The Morgan fingerprint density at radius 1 is 0.700 bits per heavy atom. The fraction of sp³-hybridized carbons (Fsp3) is 0.841. The summed E-state index contributed by atoms with van der Waals surface area (Å²) in [5.41, 5.74) is 10.5. The van der Waals surface area contributed by atoms with Crippen molar-refractivity contribution in [1.29, 1.82) is 0 Å². The average molecular weight is 700 g/mol. The molecule has 6 heteroatoms. The van der Waals surface area contributed by atoms with Crippen molar-refractivity contribution in [3.05, 3.63) is 29.3 Å². The number of carbonyl (C=O) groups is 2. The van der Waals surface area contributed by atoms with E-state index >= 15 is 0 Å². The Morgan fingerprint density at radius 2 is 1.20 bits per heavy atom. The van der Waals surface area contributed by atoms with Crippen molar-refractivity contribution in [1.82, 2.24) is 4.90 Å². The first-order valence-corrected chi connectivity index (χ1v) is 21.0. The molecule has 288 valence electrons. The summed E-state index contributed by atoms with van der Waals surface area (Å²) in [7, 11) is 2.17. The predicted molar refractivity (Wildman–Crippen MR) is 208 cm³/mol. The smallest absolute Gasteiger partial charge is 0.305 e. The van der Waals surface area contributed by atoms with E-state index < -0.39 is 0 Å². The lowest BCUT2D eigenvalue weighted by Crippen LogP contribution is -2.21. The Labute approximate surface area is 308 Å². The molecule has 0 aliphatic carbocycles. The molecule has 1 saturated heterocycles. The fourth-order valence-corrected chi connectivity index (χ4v) is 7.02. The van der Waals surface area contributed by atoms with Gasteiger partial charge in [-0.2, -0.15) is 0 Å². The molecule has 0 amide bonds. The van der Waals surface area contributed by atoms with E-state index in [4.69, 9.17) is 14.2 Å². The molecule has 1 rings (SSSR count). The van der Waals surface area contributed by atoms with Crippen LogP contribution in [0.2, 0.25) is 0 Å². The van der Waals surface area contributed by atoms with Crippen molar-refractivity contribution in [3.63, 3.8) is 0 Å². The molecule has 0 radical (unpaired) electrons. The minimum Gasteiger partial charge on any atom is -0.466 e. The van der Waals surface area contributed by atoms with Gasteiger partial charge in [0.2, 0.25) is 0 Å². The van der Waals surface area contributed by atoms with Gasteiger partial charge in [-0.15, -0.1) is 0 Å². The SMILES string of the molecule is C=C=C=C=C1C(CCCCC)CCOC(=O)CCCCCCCC(OCCCN(C)CC)CCCCCCCC(=O)OCCC1CCCCC. The third kappa shape index (κ3) is 25.0. The zero-order chi connectivity index (χ0) is 36.5. The highest BCUT2D eigenvalue weighted by Crippen LogP contribution is 2.33.